The highest BCUT2D eigenvalue weighted by atomic mass is 35.5. The minimum absolute atomic E-state index is 0. The van der Waals surface area contributed by atoms with Crippen molar-refractivity contribution in [3.63, 3.8) is 0 Å². The summed E-state index contributed by atoms with van der Waals surface area (Å²) >= 11 is 0. The first-order valence-electron chi connectivity index (χ1n) is 11.4. The second kappa shape index (κ2) is 12.8. The molecule has 7 heteroatoms. The molecule has 0 saturated carbocycles. The Morgan fingerprint density at radius 1 is 0.939 bits per heavy atom. The number of benzene rings is 1. The summed E-state index contributed by atoms with van der Waals surface area (Å²) < 4.78 is 5.87. The molecular formula is C26H41Cl2N3O2. The van der Waals surface area contributed by atoms with Crippen LogP contribution in [0.5, 0.6) is 5.75 Å². The lowest BCUT2D eigenvalue weighted by Gasteiger charge is -2.36. The number of ether oxygens (including phenoxy) is 1. The number of aromatic nitrogens is 1. The summed E-state index contributed by atoms with van der Waals surface area (Å²) in [5.74, 6) is 1.84. The molecule has 0 bridgehead atoms. The van der Waals surface area contributed by atoms with Gasteiger partial charge in [0.05, 0.1) is 0 Å². The average Bonchev–Trinajstić information content (AvgIpc) is 2.72. The number of aliphatic hydroxyl groups excluding tert-OH is 1. The average molecular weight is 499 g/mol. The fraction of sp³-hybridized carbons (Fsp3) is 0.577. The first kappa shape index (κ1) is 29.5. The molecule has 1 fully saturated rings. The van der Waals surface area contributed by atoms with E-state index in [2.05, 4.69) is 61.5 Å². The standard InChI is InChI=1S/C26H39N3O2.2ClH/c1-25(2,3)20-26(4,5)21-9-11-23(12-10-21)31-19-22(30)18-28-14-16-29(17-15-28)24-8-6-7-13-27-24;;/h6-13,22,30H,14-20H2,1-5H3;2*1H. The molecule has 1 aliphatic rings. The van der Waals surface area contributed by atoms with Gasteiger partial charge in [-0.15, -0.1) is 24.8 Å². The zero-order valence-electron chi connectivity index (χ0n) is 20.7. The third-order valence-corrected chi connectivity index (χ3v) is 5.86. The van der Waals surface area contributed by atoms with Crippen LogP contribution in [0.15, 0.2) is 48.7 Å². The van der Waals surface area contributed by atoms with Gasteiger partial charge in [0.2, 0.25) is 0 Å². The van der Waals surface area contributed by atoms with E-state index in [-0.39, 0.29) is 35.6 Å². The molecule has 3 rings (SSSR count). The SMILES string of the molecule is CC(C)(C)CC(C)(C)c1ccc(OCC(O)CN2CCN(c3ccccn3)CC2)cc1.Cl.Cl. The molecule has 186 valence electrons. The highest BCUT2D eigenvalue weighted by molar-refractivity contribution is 5.85. The van der Waals surface area contributed by atoms with E-state index in [9.17, 15) is 5.11 Å². The molecule has 1 aliphatic heterocycles. The van der Waals surface area contributed by atoms with Gasteiger partial charge in [-0.05, 0) is 47.1 Å². The molecule has 1 saturated heterocycles. The maximum absolute atomic E-state index is 10.5. The highest BCUT2D eigenvalue weighted by Gasteiger charge is 2.27. The van der Waals surface area contributed by atoms with E-state index < -0.39 is 6.10 Å². The summed E-state index contributed by atoms with van der Waals surface area (Å²) in [6.45, 7) is 16.1. The number of pyridine rings is 1. The number of hydrogen-bond donors (Lipinski definition) is 1. The van der Waals surface area contributed by atoms with Crippen LogP contribution >= 0.6 is 24.8 Å². The summed E-state index contributed by atoms with van der Waals surface area (Å²) in [5.41, 5.74) is 1.72. The molecular weight excluding hydrogens is 457 g/mol. The molecule has 1 unspecified atom stereocenters. The second-order valence-corrected chi connectivity index (χ2v) is 10.6. The van der Waals surface area contributed by atoms with Gasteiger partial charge in [0.1, 0.15) is 24.3 Å². The third kappa shape index (κ3) is 9.32. The Morgan fingerprint density at radius 3 is 2.12 bits per heavy atom. The first-order chi connectivity index (χ1) is 14.6. The maximum Gasteiger partial charge on any atom is 0.128 e. The van der Waals surface area contributed by atoms with Crippen LogP contribution in [0.4, 0.5) is 5.82 Å². The summed E-state index contributed by atoms with van der Waals surface area (Å²) in [6.07, 6.45) is 2.45. The number of anilines is 1. The smallest absolute Gasteiger partial charge is 0.128 e. The van der Waals surface area contributed by atoms with Crippen LogP contribution < -0.4 is 9.64 Å². The zero-order chi connectivity index (χ0) is 22.5. The molecule has 2 heterocycles. The van der Waals surface area contributed by atoms with Crippen LogP contribution in [0, 0.1) is 5.41 Å². The molecule has 2 aromatic rings. The van der Waals surface area contributed by atoms with Gasteiger partial charge in [0.15, 0.2) is 0 Å². The molecule has 0 radical (unpaired) electrons. The van der Waals surface area contributed by atoms with Crippen LogP contribution in [0.1, 0.15) is 46.6 Å². The van der Waals surface area contributed by atoms with Crippen molar-refractivity contribution < 1.29 is 9.84 Å². The largest absolute Gasteiger partial charge is 0.491 e. The summed E-state index contributed by atoms with van der Waals surface area (Å²) in [6, 6.07) is 14.4. The topological polar surface area (TPSA) is 48.8 Å². The molecule has 1 atom stereocenters. The fourth-order valence-corrected chi connectivity index (χ4v) is 4.67. The highest BCUT2D eigenvalue weighted by Crippen LogP contribution is 2.36. The minimum atomic E-state index is -0.501. The predicted octanol–water partition coefficient (Wildman–Crippen LogP) is 5.20. The van der Waals surface area contributed by atoms with E-state index in [1.807, 2.05) is 36.5 Å². The molecule has 0 aliphatic carbocycles. The van der Waals surface area contributed by atoms with Gasteiger partial charge in [-0.2, -0.15) is 0 Å². The van der Waals surface area contributed by atoms with Crippen molar-refractivity contribution in [3.8, 4) is 5.75 Å². The van der Waals surface area contributed by atoms with E-state index in [1.54, 1.807) is 0 Å². The maximum atomic E-state index is 10.5. The van der Waals surface area contributed by atoms with Crippen molar-refractivity contribution in [3.05, 3.63) is 54.2 Å². The van der Waals surface area contributed by atoms with Crippen LogP contribution in [-0.2, 0) is 5.41 Å². The van der Waals surface area contributed by atoms with Crippen molar-refractivity contribution >= 4 is 30.6 Å². The molecule has 1 N–H and O–H groups in total. The van der Waals surface area contributed by atoms with Crippen LogP contribution in [0.2, 0.25) is 0 Å². The normalized spacial score (nSPS) is 15.9. The lowest BCUT2D eigenvalue weighted by molar-refractivity contribution is 0.0662. The van der Waals surface area contributed by atoms with Crippen molar-refractivity contribution in [1.82, 2.24) is 9.88 Å². The quantitative estimate of drug-likeness (QED) is 0.542. The Labute approximate surface area is 212 Å². The van der Waals surface area contributed by atoms with Gasteiger partial charge in [0.25, 0.3) is 0 Å². The predicted molar refractivity (Wildman–Crippen MR) is 142 cm³/mol. The Balaban J connectivity index is 0.00000272. The van der Waals surface area contributed by atoms with E-state index >= 15 is 0 Å². The Bertz CT molecular complexity index is 803. The van der Waals surface area contributed by atoms with E-state index in [1.165, 1.54) is 5.56 Å². The number of hydrogen-bond acceptors (Lipinski definition) is 5. The number of halogens is 2. The Hall–Kier alpha value is -1.53. The van der Waals surface area contributed by atoms with Crippen molar-refractivity contribution in [2.45, 2.75) is 52.6 Å². The number of nitrogens with zero attached hydrogens (tertiary/aromatic N) is 3. The molecule has 0 amide bonds. The van der Waals surface area contributed by atoms with Gasteiger partial charge in [-0.1, -0.05) is 52.8 Å². The molecule has 5 nitrogen and oxygen atoms in total. The monoisotopic (exact) mass is 497 g/mol. The number of β-amino-alcohol motifs (C(OH)–C–C–N with tert-alkyl or cyclic N) is 1. The van der Waals surface area contributed by atoms with E-state index in [0.29, 0.717) is 13.2 Å². The molecule has 1 aromatic carbocycles. The van der Waals surface area contributed by atoms with Crippen LogP contribution in [0.25, 0.3) is 0 Å². The zero-order valence-corrected chi connectivity index (χ0v) is 22.3. The van der Waals surface area contributed by atoms with Crippen molar-refractivity contribution in [2.24, 2.45) is 5.41 Å². The summed E-state index contributed by atoms with van der Waals surface area (Å²) in [4.78, 5) is 9.02. The van der Waals surface area contributed by atoms with Crippen LogP contribution in [0.3, 0.4) is 0 Å². The molecule has 0 spiro atoms. The van der Waals surface area contributed by atoms with Crippen molar-refractivity contribution in [1.29, 1.82) is 0 Å². The minimum Gasteiger partial charge on any atom is -0.491 e. The van der Waals surface area contributed by atoms with Gasteiger partial charge in [-0.25, -0.2) is 4.98 Å². The molecule has 33 heavy (non-hydrogen) atoms. The molecule has 1 aromatic heterocycles. The lowest BCUT2D eigenvalue weighted by atomic mass is 9.72. The van der Waals surface area contributed by atoms with E-state index in [0.717, 1.165) is 44.2 Å². The summed E-state index contributed by atoms with van der Waals surface area (Å²) in [7, 11) is 0. The lowest BCUT2D eigenvalue weighted by Crippen LogP contribution is -2.49. The number of aliphatic hydroxyl groups is 1. The van der Waals surface area contributed by atoms with Gasteiger partial charge in [0, 0.05) is 38.9 Å². The Morgan fingerprint density at radius 2 is 1.58 bits per heavy atom. The van der Waals surface area contributed by atoms with E-state index in [4.69, 9.17) is 4.74 Å². The van der Waals surface area contributed by atoms with Gasteiger partial charge < -0.3 is 14.7 Å². The number of rotatable bonds is 8. The summed E-state index contributed by atoms with van der Waals surface area (Å²) in [5, 5.41) is 10.5. The fourth-order valence-electron chi connectivity index (χ4n) is 4.67. The van der Waals surface area contributed by atoms with Gasteiger partial charge >= 0.3 is 0 Å². The Kier molecular flexibility index (Phi) is 11.4. The van der Waals surface area contributed by atoms with Gasteiger partial charge in [-0.3, -0.25) is 4.90 Å². The number of piperazine rings is 1. The first-order valence-corrected chi connectivity index (χ1v) is 11.4. The third-order valence-electron chi connectivity index (χ3n) is 5.86. The second-order valence-electron chi connectivity index (χ2n) is 10.6. The van der Waals surface area contributed by atoms with Crippen LogP contribution in [-0.4, -0.2) is 60.4 Å². The van der Waals surface area contributed by atoms with Crippen molar-refractivity contribution in [2.75, 3.05) is 44.2 Å².